The molecule has 0 bridgehead atoms. The van der Waals surface area contributed by atoms with Crippen molar-refractivity contribution in [3.63, 3.8) is 0 Å². The number of carbonyl (C=O) groups is 2. The Kier molecular flexibility index (Phi) is 7.94. The molecule has 1 aliphatic rings. The predicted molar refractivity (Wildman–Crippen MR) is 145 cm³/mol. The predicted octanol–water partition coefficient (Wildman–Crippen LogP) is 5.36. The van der Waals surface area contributed by atoms with Crippen molar-refractivity contribution in [3.05, 3.63) is 65.1 Å². The number of halogens is 2. The van der Waals surface area contributed by atoms with Gasteiger partial charge in [-0.15, -0.1) is 11.6 Å². The zero-order chi connectivity index (χ0) is 26.7. The van der Waals surface area contributed by atoms with E-state index < -0.39 is 5.60 Å². The second kappa shape index (κ2) is 11.0. The molecule has 9 nitrogen and oxygen atoms in total. The summed E-state index contributed by atoms with van der Waals surface area (Å²) in [7, 11) is 1.76. The number of amides is 2. The van der Waals surface area contributed by atoms with Crippen LogP contribution >= 0.6 is 23.2 Å². The van der Waals surface area contributed by atoms with Crippen LogP contribution < -0.4 is 10.2 Å². The summed E-state index contributed by atoms with van der Waals surface area (Å²) in [6.45, 7) is 6.97. The zero-order valence-electron chi connectivity index (χ0n) is 21.2. The quantitative estimate of drug-likeness (QED) is 0.420. The third kappa shape index (κ3) is 6.53. The zero-order valence-corrected chi connectivity index (χ0v) is 22.8. The summed E-state index contributed by atoms with van der Waals surface area (Å²) in [4.78, 5) is 33.6. The van der Waals surface area contributed by atoms with E-state index in [-0.39, 0.29) is 29.6 Å². The number of aromatic nitrogens is 3. The van der Waals surface area contributed by atoms with Crippen molar-refractivity contribution in [2.45, 2.75) is 44.7 Å². The maximum absolute atomic E-state index is 13.0. The molecule has 3 heterocycles. The highest BCUT2D eigenvalue weighted by Crippen LogP contribution is 2.24. The van der Waals surface area contributed by atoms with E-state index in [9.17, 15) is 9.59 Å². The van der Waals surface area contributed by atoms with Gasteiger partial charge in [-0.2, -0.15) is 5.10 Å². The van der Waals surface area contributed by atoms with Gasteiger partial charge >= 0.3 is 6.09 Å². The average Bonchev–Trinajstić information content (AvgIpc) is 3.51. The molecule has 11 heteroatoms. The molecule has 2 aromatic heterocycles. The molecule has 1 fully saturated rings. The Balaban J connectivity index is 1.39. The third-order valence-electron chi connectivity index (χ3n) is 5.96. The number of rotatable bonds is 6. The molecule has 1 N–H and O–H groups in total. The van der Waals surface area contributed by atoms with Crippen molar-refractivity contribution in [3.8, 4) is 5.69 Å². The first kappa shape index (κ1) is 26.8. The Hall–Kier alpha value is -3.30. The average molecular weight is 545 g/mol. The lowest BCUT2D eigenvalue weighted by molar-refractivity contribution is 0.0237. The number of alkyl halides is 1. The van der Waals surface area contributed by atoms with Crippen molar-refractivity contribution < 1.29 is 14.3 Å². The Morgan fingerprint density at radius 3 is 2.54 bits per heavy atom. The van der Waals surface area contributed by atoms with Crippen molar-refractivity contribution in [2.24, 2.45) is 0 Å². The van der Waals surface area contributed by atoms with Gasteiger partial charge in [0, 0.05) is 36.9 Å². The van der Waals surface area contributed by atoms with E-state index in [4.69, 9.17) is 27.9 Å². The number of hydrogen-bond acceptors (Lipinski definition) is 6. The van der Waals surface area contributed by atoms with Gasteiger partial charge in [-0.1, -0.05) is 11.6 Å². The molecule has 1 atom stereocenters. The van der Waals surface area contributed by atoms with E-state index in [1.807, 2.05) is 39.0 Å². The lowest BCUT2D eigenvalue weighted by Crippen LogP contribution is -2.42. The molecular weight excluding hydrogens is 515 g/mol. The first-order valence-electron chi connectivity index (χ1n) is 11.9. The van der Waals surface area contributed by atoms with Crippen LogP contribution in [0.3, 0.4) is 0 Å². The molecule has 1 unspecified atom stereocenters. The minimum atomic E-state index is -0.538. The lowest BCUT2D eigenvalue weighted by Gasteiger charge is -2.28. The molecule has 0 spiro atoms. The fraction of sp³-hybridized carbons (Fsp3) is 0.385. The van der Waals surface area contributed by atoms with Crippen LogP contribution in [0.5, 0.6) is 0 Å². The van der Waals surface area contributed by atoms with E-state index in [0.29, 0.717) is 22.8 Å². The number of hydrogen-bond donors (Lipinski definition) is 1. The topological polar surface area (TPSA) is 92.6 Å². The number of anilines is 2. The maximum Gasteiger partial charge on any atom is 0.410 e. The van der Waals surface area contributed by atoms with Gasteiger partial charge in [0.05, 0.1) is 29.5 Å². The van der Waals surface area contributed by atoms with Gasteiger partial charge < -0.3 is 19.9 Å². The molecule has 3 aromatic rings. The van der Waals surface area contributed by atoms with Gasteiger partial charge in [0.2, 0.25) is 0 Å². The number of likely N-dealkylation sites (N-methyl/N-ethyl adjacent to an activating group) is 1. The molecule has 4 rings (SSSR count). The van der Waals surface area contributed by atoms with Crippen molar-refractivity contribution in [1.29, 1.82) is 0 Å². The summed E-state index contributed by atoms with van der Waals surface area (Å²) >= 11 is 12.0. The van der Waals surface area contributed by atoms with Crippen LogP contribution in [0.25, 0.3) is 5.69 Å². The standard InChI is InChI=1S/C26H30Cl2N6O3/c1-26(2,3)37-25(36)32(4)21-11-12-33(16-21)22-10-7-19(14-29-22)30-24(35)23-17(13-27)15-34(31-23)20-8-5-18(28)6-9-20/h5-10,14-15,21H,11-13,16H2,1-4H3,(H,30,35). The highest BCUT2D eigenvalue weighted by atomic mass is 35.5. The van der Waals surface area contributed by atoms with Crippen LogP contribution in [0, 0.1) is 0 Å². The number of nitrogens with zero attached hydrogens (tertiary/aromatic N) is 5. The molecule has 1 saturated heterocycles. The molecule has 37 heavy (non-hydrogen) atoms. The molecule has 1 aromatic carbocycles. The smallest absolute Gasteiger partial charge is 0.410 e. The van der Waals surface area contributed by atoms with Crippen molar-refractivity contribution in [2.75, 3.05) is 30.4 Å². The van der Waals surface area contributed by atoms with Crippen LogP contribution in [0.15, 0.2) is 48.8 Å². The Morgan fingerprint density at radius 1 is 1.19 bits per heavy atom. The number of pyridine rings is 1. The summed E-state index contributed by atoms with van der Waals surface area (Å²) in [6, 6.07) is 10.8. The van der Waals surface area contributed by atoms with E-state index in [2.05, 4.69) is 20.3 Å². The number of nitrogens with one attached hydrogen (secondary N) is 1. The summed E-state index contributed by atoms with van der Waals surface area (Å²) in [6.07, 6.45) is 3.81. The molecule has 1 aliphatic heterocycles. The normalized spacial score (nSPS) is 15.5. The Labute approximate surface area is 226 Å². The van der Waals surface area contributed by atoms with E-state index in [1.165, 1.54) is 0 Å². The van der Waals surface area contributed by atoms with Crippen LogP contribution in [0.2, 0.25) is 5.02 Å². The van der Waals surface area contributed by atoms with Crippen LogP contribution in [-0.2, 0) is 10.6 Å². The second-order valence-corrected chi connectivity index (χ2v) is 10.6. The third-order valence-corrected chi connectivity index (χ3v) is 6.50. The lowest BCUT2D eigenvalue weighted by atomic mass is 10.2. The first-order valence-corrected chi connectivity index (χ1v) is 12.8. The Morgan fingerprint density at radius 2 is 1.92 bits per heavy atom. The second-order valence-electron chi connectivity index (χ2n) is 9.90. The highest BCUT2D eigenvalue weighted by Gasteiger charge is 2.31. The highest BCUT2D eigenvalue weighted by molar-refractivity contribution is 6.30. The molecule has 0 radical (unpaired) electrons. The molecule has 196 valence electrons. The van der Waals surface area contributed by atoms with Gasteiger partial charge in [-0.05, 0) is 63.6 Å². The molecular formula is C26H30Cl2N6O3. The van der Waals surface area contributed by atoms with E-state index >= 15 is 0 Å². The summed E-state index contributed by atoms with van der Waals surface area (Å²) in [5.74, 6) is 0.534. The monoisotopic (exact) mass is 544 g/mol. The first-order chi connectivity index (χ1) is 17.5. The SMILES string of the molecule is CN(C(=O)OC(C)(C)C)C1CCN(c2ccc(NC(=O)c3nn(-c4ccc(Cl)cc4)cc3CCl)cn2)C1. The number of ether oxygens (including phenoxy) is 1. The van der Waals surface area contributed by atoms with E-state index in [0.717, 1.165) is 24.5 Å². The molecule has 0 saturated carbocycles. The van der Waals surface area contributed by atoms with Crippen LogP contribution in [0.1, 0.15) is 43.2 Å². The van der Waals surface area contributed by atoms with Crippen molar-refractivity contribution in [1.82, 2.24) is 19.7 Å². The summed E-state index contributed by atoms with van der Waals surface area (Å²) in [5.41, 5.74) is 1.61. The van der Waals surface area contributed by atoms with E-state index in [1.54, 1.807) is 47.2 Å². The summed E-state index contributed by atoms with van der Waals surface area (Å²) in [5, 5.41) is 7.88. The number of carbonyl (C=O) groups excluding carboxylic acids is 2. The van der Waals surface area contributed by atoms with Crippen LogP contribution in [-0.4, -0.2) is 63.4 Å². The molecule has 2 amide bonds. The van der Waals surface area contributed by atoms with Gasteiger partial charge in [-0.25, -0.2) is 14.5 Å². The summed E-state index contributed by atoms with van der Waals surface area (Å²) < 4.78 is 7.08. The minimum Gasteiger partial charge on any atom is -0.444 e. The van der Waals surface area contributed by atoms with Crippen molar-refractivity contribution >= 4 is 46.7 Å². The fourth-order valence-electron chi connectivity index (χ4n) is 4.01. The number of benzene rings is 1. The van der Waals surface area contributed by atoms with Crippen LogP contribution in [0.4, 0.5) is 16.3 Å². The Bertz CT molecular complexity index is 1250. The van der Waals surface area contributed by atoms with Gasteiger partial charge in [0.1, 0.15) is 11.4 Å². The van der Waals surface area contributed by atoms with Gasteiger partial charge in [0.15, 0.2) is 5.69 Å². The largest absolute Gasteiger partial charge is 0.444 e. The van der Waals surface area contributed by atoms with Gasteiger partial charge in [0.25, 0.3) is 5.91 Å². The van der Waals surface area contributed by atoms with Gasteiger partial charge in [-0.3, -0.25) is 4.79 Å². The maximum atomic E-state index is 13.0. The molecule has 0 aliphatic carbocycles. The minimum absolute atomic E-state index is 0.0285. The fourth-order valence-corrected chi connectivity index (χ4v) is 4.33.